The maximum absolute atomic E-state index is 5.82. The number of hydrogen-bond donors (Lipinski definition) is 2. The molecule has 0 aliphatic heterocycles. The Balaban J connectivity index is 1.50. The number of hydrogen-bond acceptors (Lipinski definition) is 2. The second-order valence-corrected chi connectivity index (χ2v) is 6.22. The average molecular weight is 208 g/mol. The van der Waals surface area contributed by atoms with Crippen LogP contribution in [0.3, 0.4) is 0 Å². The Hall–Kier alpha value is -0.0800. The van der Waals surface area contributed by atoms with Gasteiger partial charge in [0.2, 0.25) is 0 Å². The van der Waals surface area contributed by atoms with Crippen molar-refractivity contribution in [3.05, 3.63) is 0 Å². The average Bonchev–Trinajstić information content (AvgIpc) is 2.75. The minimum atomic E-state index is 0.481. The summed E-state index contributed by atoms with van der Waals surface area (Å²) in [6, 6.07) is 1.95. The predicted octanol–water partition coefficient (Wildman–Crippen LogP) is 1.89. The topological polar surface area (TPSA) is 38.0 Å². The molecule has 15 heavy (non-hydrogen) atoms. The van der Waals surface area contributed by atoms with Gasteiger partial charge < -0.3 is 11.1 Å². The van der Waals surface area contributed by atoms with Crippen molar-refractivity contribution in [3.8, 4) is 0 Å². The fourth-order valence-corrected chi connectivity index (χ4v) is 4.20. The molecule has 4 atom stereocenters. The lowest BCUT2D eigenvalue weighted by Crippen LogP contribution is -2.53. The van der Waals surface area contributed by atoms with Crippen LogP contribution in [0.5, 0.6) is 0 Å². The summed E-state index contributed by atoms with van der Waals surface area (Å²) in [5, 5.41) is 3.79. The van der Waals surface area contributed by atoms with E-state index in [0.29, 0.717) is 6.04 Å². The monoisotopic (exact) mass is 208 g/mol. The van der Waals surface area contributed by atoms with Gasteiger partial charge in [0.05, 0.1) is 0 Å². The van der Waals surface area contributed by atoms with E-state index in [0.717, 1.165) is 29.8 Å². The Morgan fingerprint density at radius 1 is 1.13 bits per heavy atom. The minimum Gasteiger partial charge on any atom is -0.328 e. The number of nitrogens with one attached hydrogen (secondary N) is 1. The van der Waals surface area contributed by atoms with Gasteiger partial charge >= 0.3 is 0 Å². The summed E-state index contributed by atoms with van der Waals surface area (Å²) in [6.07, 6.45) is 8.45. The second-order valence-electron chi connectivity index (χ2n) is 6.22. The van der Waals surface area contributed by atoms with Crippen molar-refractivity contribution >= 4 is 0 Å². The third-order valence-electron chi connectivity index (χ3n) is 5.11. The summed E-state index contributed by atoms with van der Waals surface area (Å²) in [4.78, 5) is 0. The van der Waals surface area contributed by atoms with Gasteiger partial charge in [0, 0.05) is 18.1 Å². The first-order valence-electron chi connectivity index (χ1n) is 6.74. The first-order chi connectivity index (χ1) is 7.22. The van der Waals surface area contributed by atoms with Crippen LogP contribution in [0.4, 0.5) is 0 Å². The van der Waals surface area contributed by atoms with E-state index in [-0.39, 0.29) is 0 Å². The van der Waals surface area contributed by atoms with Gasteiger partial charge in [0.25, 0.3) is 0 Å². The summed E-state index contributed by atoms with van der Waals surface area (Å²) in [5.74, 6) is 3.10. The summed E-state index contributed by atoms with van der Waals surface area (Å²) >= 11 is 0. The summed E-state index contributed by atoms with van der Waals surface area (Å²) < 4.78 is 0. The summed E-state index contributed by atoms with van der Waals surface area (Å²) in [6.45, 7) is 2.40. The standard InChI is InChI=1S/C13H24N2/c1-8(15-12-6-11(14)7-12)13-5-9-2-3-10(13)4-9/h8-13,15H,2-7,14H2,1H3. The van der Waals surface area contributed by atoms with Crippen LogP contribution >= 0.6 is 0 Å². The van der Waals surface area contributed by atoms with Crippen molar-refractivity contribution < 1.29 is 0 Å². The molecule has 3 rings (SSSR count). The third-order valence-corrected chi connectivity index (χ3v) is 5.11. The van der Waals surface area contributed by atoms with Gasteiger partial charge in [-0.25, -0.2) is 0 Å². The molecule has 2 bridgehead atoms. The Morgan fingerprint density at radius 3 is 2.47 bits per heavy atom. The highest BCUT2D eigenvalue weighted by molar-refractivity contribution is 4.96. The van der Waals surface area contributed by atoms with Crippen molar-refractivity contribution in [2.45, 2.75) is 63.6 Å². The highest BCUT2D eigenvalue weighted by atomic mass is 15.0. The van der Waals surface area contributed by atoms with E-state index in [1.165, 1.54) is 38.5 Å². The van der Waals surface area contributed by atoms with E-state index in [1.54, 1.807) is 0 Å². The lowest BCUT2D eigenvalue weighted by Gasteiger charge is -2.38. The van der Waals surface area contributed by atoms with Gasteiger partial charge in [0.1, 0.15) is 0 Å². The maximum Gasteiger partial charge on any atom is 0.00991 e. The Kier molecular flexibility index (Phi) is 2.52. The van der Waals surface area contributed by atoms with Crippen molar-refractivity contribution in [3.63, 3.8) is 0 Å². The van der Waals surface area contributed by atoms with Crippen LogP contribution in [-0.2, 0) is 0 Å². The van der Waals surface area contributed by atoms with Crippen molar-refractivity contribution in [1.29, 1.82) is 0 Å². The fourth-order valence-electron chi connectivity index (χ4n) is 4.20. The first-order valence-corrected chi connectivity index (χ1v) is 6.74. The van der Waals surface area contributed by atoms with E-state index in [4.69, 9.17) is 5.73 Å². The molecule has 0 spiro atoms. The Labute approximate surface area is 93.0 Å². The minimum absolute atomic E-state index is 0.481. The quantitative estimate of drug-likeness (QED) is 0.743. The van der Waals surface area contributed by atoms with Gasteiger partial charge in [-0.1, -0.05) is 6.42 Å². The number of rotatable bonds is 3. The number of fused-ring (bicyclic) bond motifs is 2. The van der Waals surface area contributed by atoms with Crippen molar-refractivity contribution in [2.75, 3.05) is 0 Å². The molecule has 3 N–H and O–H groups in total. The van der Waals surface area contributed by atoms with Crippen LogP contribution in [0.15, 0.2) is 0 Å². The lowest BCUT2D eigenvalue weighted by molar-refractivity contribution is 0.201. The smallest absolute Gasteiger partial charge is 0.00991 e. The third kappa shape index (κ3) is 1.83. The SMILES string of the molecule is CC(NC1CC(N)C1)C1CC2CCC1C2. The molecule has 4 unspecified atom stereocenters. The van der Waals surface area contributed by atoms with Crippen molar-refractivity contribution in [1.82, 2.24) is 5.32 Å². The van der Waals surface area contributed by atoms with Crippen molar-refractivity contribution in [2.24, 2.45) is 23.5 Å². The normalized spacial score (nSPS) is 50.4. The highest BCUT2D eigenvalue weighted by Crippen LogP contribution is 2.49. The molecule has 3 aliphatic carbocycles. The molecule has 0 aromatic heterocycles. The lowest BCUT2D eigenvalue weighted by atomic mass is 9.81. The molecule has 0 amide bonds. The van der Waals surface area contributed by atoms with Gasteiger partial charge in [0.15, 0.2) is 0 Å². The summed E-state index contributed by atoms with van der Waals surface area (Å²) in [7, 11) is 0. The molecule has 0 heterocycles. The highest BCUT2D eigenvalue weighted by Gasteiger charge is 2.42. The Bertz CT molecular complexity index is 235. The second kappa shape index (κ2) is 3.74. The zero-order valence-electron chi connectivity index (χ0n) is 9.78. The molecule has 0 radical (unpaired) electrons. The predicted molar refractivity (Wildman–Crippen MR) is 62.5 cm³/mol. The first kappa shape index (κ1) is 10.1. The molecule has 3 aliphatic rings. The van der Waals surface area contributed by atoms with Crippen LogP contribution in [0.2, 0.25) is 0 Å². The van der Waals surface area contributed by atoms with E-state index in [2.05, 4.69) is 12.2 Å². The zero-order valence-corrected chi connectivity index (χ0v) is 9.78. The molecular weight excluding hydrogens is 184 g/mol. The van der Waals surface area contributed by atoms with Gasteiger partial charge in [-0.3, -0.25) is 0 Å². The van der Waals surface area contributed by atoms with Crippen LogP contribution in [0.1, 0.15) is 45.4 Å². The Morgan fingerprint density at radius 2 is 1.93 bits per heavy atom. The molecule has 3 fully saturated rings. The zero-order chi connectivity index (χ0) is 10.4. The van der Waals surface area contributed by atoms with Gasteiger partial charge in [-0.15, -0.1) is 0 Å². The van der Waals surface area contributed by atoms with Crippen LogP contribution in [0, 0.1) is 17.8 Å². The molecule has 0 aromatic carbocycles. The van der Waals surface area contributed by atoms with Crippen LogP contribution in [-0.4, -0.2) is 18.1 Å². The largest absolute Gasteiger partial charge is 0.328 e. The van der Waals surface area contributed by atoms with Gasteiger partial charge in [-0.2, -0.15) is 0 Å². The van der Waals surface area contributed by atoms with E-state index in [9.17, 15) is 0 Å². The number of nitrogens with two attached hydrogens (primary N) is 1. The van der Waals surface area contributed by atoms with Crippen LogP contribution < -0.4 is 11.1 Å². The molecule has 2 heteroatoms. The molecule has 3 saturated carbocycles. The maximum atomic E-state index is 5.82. The van der Waals surface area contributed by atoms with E-state index >= 15 is 0 Å². The molecular formula is C13H24N2. The van der Waals surface area contributed by atoms with E-state index in [1.807, 2.05) is 0 Å². The molecule has 0 aromatic rings. The van der Waals surface area contributed by atoms with Gasteiger partial charge in [-0.05, 0) is 56.8 Å². The van der Waals surface area contributed by atoms with Crippen LogP contribution in [0.25, 0.3) is 0 Å². The molecule has 0 saturated heterocycles. The molecule has 86 valence electrons. The fraction of sp³-hybridized carbons (Fsp3) is 1.00. The summed E-state index contributed by atoms with van der Waals surface area (Å²) in [5.41, 5.74) is 5.82. The van der Waals surface area contributed by atoms with E-state index < -0.39 is 0 Å². The molecule has 2 nitrogen and oxygen atoms in total.